The average Bonchev–Trinajstić information content (AvgIpc) is 2.21. The van der Waals surface area contributed by atoms with Crippen molar-refractivity contribution in [3.63, 3.8) is 0 Å². The first-order valence-corrected chi connectivity index (χ1v) is 4.88. The highest BCUT2D eigenvalue weighted by atomic mass is 79.9. The van der Waals surface area contributed by atoms with Crippen molar-refractivity contribution in [2.45, 2.75) is 6.92 Å². The summed E-state index contributed by atoms with van der Waals surface area (Å²) in [6.45, 7) is 1.63. The summed E-state index contributed by atoms with van der Waals surface area (Å²) in [6, 6.07) is 1.13. The number of carbonyl (C=O) groups is 2. The van der Waals surface area contributed by atoms with E-state index in [9.17, 15) is 14.0 Å². The van der Waals surface area contributed by atoms with Crippen LogP contribution in [-0.2, 0) is 9.53 Å². The van der Waals surface area contributed by atoms with Crippen LogP contribution in [0.4, 0.5) is 4.39 Å². The zero-order chi connectivity index (χ0) is 11.4. The SMILES string of the molecule is CCOC(=O)C(=O)c1cc(Br)ncc1F. The first-order chi connectivity index (χ1) is 7.06. The molecule has 0 atom stereocenters. The van der Waals surface area contributed by atoms with Gasteiger partial charge in [0.15, 0.2) is 5.82 Å². The molecule has 0 spiro atoms. The standard InChI is InChI=1S/C9H7BrFNO3/c1-2-15-9(14)8(13)5-3-7(10)12-4-6(5)11/h3-4H,2H2,1H3. The van der Waals surface area contributed by atoms with Crippen LogP contribution in [0.3, 0.4) is 0 Å². The van der Waals surface area contributed by atoms with Crippen LogP contribution in [0.2, 0.25) is 0 Å². The summed E-state index contributed by atoms with van der Waals surface area (Å²) in [5.41, 5.74) is -0.352. The summed E-state index contributed by atoms with van der Waals surface area (Å²) in [5.74, 6) is -2.94. The van der Waals surface area contributed by atoms with E-state index in [4.69, 9.17) is 0 Å². The predicted octanol–water partition coefficient (Wildman–Crippen LogP) is 1.73. The molecule has 4 nitrogen and oxygen atoms in total. The molecule has 0 aliphatic carbocycles. The molecule has 15 heavy (non-hydrogen) atoms. The lowest BCUT2D eigenvalue weighted by molar-refractivity contribution is -0.137. The maximum Gasteiger partial charge on any atom is 0.379 e. The number of ketones is 1. The van der Waals surface area contributed by atoms with Gasteiger partial charge in [0.05, 0.1) is 18.4 Å². The van der Waals surface area contributed by atoms with Crippen LogP contribution in [0.5, 0.6) is 0 Å². The molecule has 0 amide bonds. The maximum absolute atomic E-state index is 13.1. The Balaban J connectivity index is 3.00. The van der Waals surface area contributed by atoms with E-state index in [2.05, 4.69) is 25.7 Å². The largest absolute Gasteiger partial charge is 0.460 e. The van der Waals surface area contributed by atoms with Gasteiger partial charge in [-0.3, -0.25) is 4.79 Å². The van der Waals surface area contributed by atoms with E-state index in [1.54, 1.807) is 6.92 Å². The lowest BCUT2D eigenvalue weighted by Gasteiger charge is -2.02. The molecule has 1 heterocycles. The van der Waals surface area contributed by atoms with Crippen LogP contribution in [0.1, 0.15) is 17.3 Å². The highest BCUT2D eigenvalue weighted by molar-refractivity contribution is 9.10. The van der Waals surface area contributed by atoms with E-state index in [1.807, 2.05) is 0 Å². The van der Waals surface area contributed by atoms with E-state index in [0.29, 0.717) is 0 Å². The fourth-order valence-electron chi connectivity index (χ4n) is 0.894. The van der Waals surface area contributed by atoms with Gasteiger partial charge in [-0.1, -0.05) is 0 Å². The summed E-state index contributed by atoms with van der Waals surface area (Å²) in [5, 5.41) is 0. The fraction of sp³-hybridized carbons (Fsp3) is 0.222. The van der Waals surface area contributed by atoms with Gasteiger partial charge in [-0.15, -0.1) is 0 Å². The van der Waals surface area contributed by atoms with E-state index in [1.165, 1.54) is 0 Å². The number of carbonyl (C=O) groups excluding carboxylic acids is 2. The zero-order valence-electron chi connectivity index (χ0n) is 7.79. The molecule has 0 aliphatic heterocycles. The Kier molecular flexibility index (Phi) is 3.90. The minimum atomic E-state index is -1.07. The maximum atomic E-state index is 13.1. The van der Waals surface area contributed by atoms with Crippen LogP contribution in [0.25, 0.3) is 0 Å². The van der Waals surface area contributed by atoms with Crippen molar-refractivity contribution in [3.8, 4) is 0 Å². The third-order valence-electron chi connectivity index (χ3n) is 1.53. The summed E-state index contributed by atoms with van der Waals surface area (Å²) >= 11 is 2.97. The van der Waals surface area contributed by atoms with Gasteiger partial charge in [0.25, 0.3) is 5.78 Å². The number of halogens is 2. The second-order valence-corrected chi connectivity index (χ2v) is 3.35. The highest BCUT2D eigenvalue weighted by Gasteiger charge is 2.21. The number of esters is 1. The molecule has 0 saturated carbocycles. The van der Waals surface area contributed by atoms with Crippen molar-refractivity contribution in [1.29, 1.82) is 0 Å². The van der Waals surface area contributed by atoms with Crippen molar-refractivity contribution >= 4 is 27.7 Å². The number of Topliss-reactive ketones (excluding diaryl/α,β-unsaturated/α-hetero) is 1. The first kappa shape index (κ1) is 11.8. The molecule has 6 heteroatoms. The van der Waals surface area contributed by atoms with Crippen molar-refractivity contribution in [3.05, 3.63) is 28.2 Å². The molecule has 0 N–H and O–H groups in total. The topological polar surface area (TPSA) is 56.3 Å². The van der Waals surface area contributed by atoms with Crippen molar-refractivity contribution in [2.24, 2.45) is 0 Å². The molecule has 1 aromatic heterocycles. The lowest BCUT2D eigenvalue weighted by Crippen LogP contribution is -2.19. The lowest BCUT2D eigenvalue weighted by atomic mass is 10.2. The molecule has 0 aliphatic rings. The Bertz CT molecular complexity index is 408. The number of hydrogen-bond donors (Lipinski definition) is 0. The minimum absolute atomic E-state index is 0.0679. The van der Waals surface area contributed by atoms with Crippen molar-refractivity contribution in [2.75, 3.05) is 6.61 Å². The third-order valence-corrected chi connectivity index (χ3v) is 1.96. The van der Waals surface area contributed by atoms with Crippen molar-refractivity contribution < 1.29 is 18.7 Å². The fourth-order valence-corrected chi connectivity index (χ4v) is 1.23. The second kappa shape index (κ2) is 4.97. The number of rotatable bonds is 3. The number of nitrogens with zero attached hydrogens (tertiary/aromatic N) is 1. The number of pyridine rings is 1. The molecular weight excluding hydrogens is 269 g/mol. The Hall–Kier alpha value is -1.30. The van der Waals surface area contributed by atoms with Gasteiger partial charge in [0.1, 0.15) is 4.60 Å². The second-order valence-electron chi connectivity index (χ2n) is 2.54. The van der Waals surface area contributed by atoms with Gasteiger partial charge >= 0.3 is 5.97 Å². The predicted molar refractivity (Wildman–Crippen MR) is 52.9 cm³/mol. The summed E-state index contributed by atoms with van der Waals surface area (Å²) in [4.78, 5) is 25.9. The van der Waals surface area contributed by atoms with E-state index in [-0.39, 0.29) is 16.8 Å². The quantitative estimate of drug-likeness (QED) is 0.365. The molecule has 0 unspecified atom stereocenters. The van der Waals surface area contributed by atoms with E-state index in [0.717, 1.165) is 12.3 Å². The van der Waals surface area contributed by atoms with Gasteiger partial charge in [-0.25, -0.2) is 14.2 Å². The summed E-state index contributed by atoms with van der Waals surface area (Å²) in [7, 11) is 0. The average molecular weight is 276 g/mol. The molecular formula is C9H7BrFNO3. The van der Waals surface area contributed by atoms with Crippen molar-refractivity contribution in [1.82, 2.24) is 4.98 Å². The Morgan fingerprint density at radius 2 is 2.27 bits per heavy atom. The third kappa shape index (κ3) is 2.82. The molecule has 0 saturated heterocycles. The summed E-state index contributed by atoms with van der Waals surface area (Å²) in [6.07, 6.45) is 0.858. The Labute approximate surface area is 93.6 Å². The van der Waals surface area contributed by atoms with Crippen LogP contribution in [0, 0.1) is 5.82 Å². The Morgan fingerprint density at radius 3 is 2.87 bits per heavy atom. The number of ether oxygens (including phenoxy) is 1. The normalized spacial score (nSPS) is 9.80. The number of aromatic nitrogens is 1. The zero-order valence-corrected chi connectivity index (χ0v) is 9.38. The van der Waals surface area contributed by atoms with Gasteiger partial charge in [0.2, 0.25) is 0 Å². The smallest absolute Gasteiger partial charge is 0.379 e. The molecule has 0 aromatic carbocycles. The van der Waals surface area contributed by atoms with Crippen LogP contribution >= 0.6 is 15.9 Å². The minimum Gasteiger partial charge on any atom is -0.460 e. The monoisotopic (exact) mass is 275 g/mol. The highest BCUT2D eigenvalue weighted by Crippen LogP contribution is 2.13. The van der Waals surface area contributed by atoms with Gasteiger partial charge < -0.3 is 4.74 Å². The van der Waals surface area contributed by atoms with E-state index >= 15 is 0 Å². The van der Waals surface area contributed by atoms with E-state index < -0.39 is 17.6 Å². The Morgan fingerprint density at radius 1 is 1.60 bits per heavy atom. The summed E-state index contributed by atoms with van der Waals surface area (Å²) < 4.78 is 17.8. The molecule has 0 fully saturated rings. The molecule has 1 rings (SSSR count). The van der Waals surface area contributed by atoms with Crippen LogP contribution in [0.15, 0.2) is 16.9 Å². The first-order valence-electron chi connectivity index (χ1n) is 4.08. The molecule has 1 aromatic rings. The van der Waals surface area contributed by atoms with Gasteiger partial charge in [-0.2, -0.15) is 0 Å². The van der Waals surface area contributed by atoms with Gasteiger partial charge in [0, 0.05) is 0 Å². The molecule has 0 bridgehead atoms. The van der Waals surface area contributed by atoms with Gasteiger partial charge in [-0.05, 0) is 28.9 Å². The van der Waals surface area contributed by atoms with Crippen LogP contribution < -0.4 is 0 Å². The molecule has 0 radical (unpaired) electrons. The van der Waals surface area contributed by atoms with Crippen LogP contribution in [-0.4, -0.2) is 23.3 Å². The molecule has 80 valence electrons. The number of hydrogen-bond acceptors (Lipinski definition) is 4.